The number of carbonyl (C=O) groups is 6. The van der Waals surface area contributed by atoms with E-state index >= 15 is 0 Å². The Kier molecular flexibility index (Phi) is 24.4. The first-order valence-corrected chi connectivity index (χ1v) is 28.1. The molecule has 2 aromatic rings. The van der Waals surface area contributed by atoms with Crippen molar-refractivity contribution in [2.24, 2.45) is 5.92 Å². The number of benzene rings is 2. The predicted octanol–water partition coefficient (Wildman–Crippen LogP) is 3.41. The molecule has 2 aromatic carbocycles. The highest BCUT2D eigenvalue weighted by Crippen LogP contribution is 2.39. The lowest BCUT2D eigenvalue weighted by atomic mass is 9.72. The lowest BCUT2D eigenvalue weighted by Gasteiger charge is -2.52. The van der Waals surface area contributed by atoms with Crippen LogP contribution in [0.4, 0.5) is 35.3 Å². The van der Waals surface area contributed by atoms with Crippen molar-refractivity contribution < 1.29 is 96.9 Å². The number of nitrogens with zero attached hydrogens (tertiary/aromatic N) is 3. The molecule has 0 radical (unpaired) electrons. The van der Waals surface area contributed by atoms with Gasteiger partial charge in [0.2, 0.25) is 0 Å². The second kappa shape index (κ2) is 30.3. The molecule has 31 heteroatoms. The maximum Gasteiger partial charge on any atom is 0.410 e. The first-order valence-electron chi connectivity index (χ1n) is 28.1. The van der Waals surface area contributed by atoms with E-state index < -0.39 is 162 Å². The Balaban J connectivity index is 1.56. The number of likely N-dealkylation sites (N-methyl/N-ethyl adjacent to an activating group) is 1. The highest BCUT2D eigenvalue weighted by atomic mass is 16.7. The molecule has 31 nitrogen and oxygen atoms in total. The standard InChI is InChI=1S/C56H83N9O22/c1-53(2,3)85-48(70)58-24-12-23-57-26-35-21-22-36(61-50(72)80-28-31-13-17-33(18-14-31)64(76)77)43(83-35)40-37(62-51(73)81-29-32-15-19-34(20-16-32)65(78)79)25-38(60-46(69)39(66)27-59-49(71)86-54(4,5)6)44(41(40)67)84-47-42(68)45(56(10,75)30-82-47)63(11)52(74)87-55(7,8)9/h13-21,36-45,47,57,66-68,75H,12,22-30H2,1-11H3,(H,58,70)(H,59,71)(H,60,69)(H,61,72)(H,62,73)/t36-,37+,38-,39-,40-,41+,42-,43?,44+,45-,47-,56+/m1/s1. The average molecular weight is 1230 g/mol. The summed E-state index contributed by atoms with van der Waals surface area (Å²) in [6, 6.07) is 4.79. The van der Waals surface area contributed by atoms with Crippen LogP contribution in [0.3, 0.4) is 0 Å². The fourth-order valence-corrected chi connectivity index (χ4v) is 9.68. The lowest BCUT2D eigenvalue weighted by molar-refractivity contribution is -0.385. The van der Waals surface area contributed by atoms with Crippen molar-refractivity contribution in [1.29, 1.82) is 0 Å². The third-order valence-electron chi connectivity index (χ3n) is 13.5. The number of rotatable bonds is 22. The van der Waals surface area contributed by atoms with E-state index in [1.165, 1.54) is 62.5 Å². The lowest BCUT2D eigenvalue weighted by Crippen LogP contribution is -2.71. The Morgan fingerprint density at radius 1 is 0.724 bits per heavy atom. The van der Waals surface area contributed by atoms with Crippen LogP contribution in [0.25, 0.3) is 0 Å². The van der Waals surface area contributed by atoms with E-state index in [0.29, 0.717) is 24.1 Å². The molecule has 484 valence electrons. The van der Waals surface area contributed by atoms with Gasteiger partial charge in [-0.1, -0.05) is 0 Å². The van der Waals surface area contributed by atoms with Gasteiger partial charge in [0.1, 0.15) is 65.8 Å². The SMILES string of the molecule is CN(C(=O)OC(C)(C)C)[C@@H]1[C@@H](O)[C@@H](O[C@@H]2[C@@H](O)[C@H](C3OC(CNCCCNC(=O)OC(C)(C)C)=CC[C@H]3NC(=O)OCc3ccc([N+](=O)[O-])cc3)[C@@H](NC(=O)OCc3ccc([N+](=O)[O-])cc3)C[C@H]2NC(=O)[C@H](O)CNC(=O)OC(C)(C)C)OC[C@]1(C)O. The van der Waals surface area contributed by atoms with Gasteiger partial charge in [0.15, 0.2) is 6.29 Å². The Labute approximate surface area is 502 Å². The van der Waals surface area contributed by atoms with Crippen molar-refractivity contribution in [3.05, 3.63) is 91.7 Å². The van der Waals surface area contributed by atoms with Crippen LogP contribution in [0, 0.1) is 26.1 Å². The van der Waals surface area contributed by atoms with Crippen molar-refractivity contribution in [3.8, 4) is 0 Å². The summed E-state index contributed by atoms with van der Waals surface area (Å²) >= 11 is 0. The highest BCUT2D eigenvalue weighted by molar-refractivity contribution is 5.82. The molecule has 2 heterocycles. The van der Waals surface area contributed by atoms with Crippen molar-refractivity contribution in [3.63, 3.8) is 0 Å². The summed E-state index contributed by atoms with van der Waals surface area (Å²) in [4.78, 5) is 103. The van der Waals surface area contributed by atoms with Crippen LogP contribution in [0.5, 0.6) is 0 Å². The summed E-state index contributed by atoms with van der Waals surface area (Å²) < 4.78 is 46.3. The number of non-ortho nitro benzene ring substituents is 2. The maximum absolute atomic E-state index is 14.1. The summed E-state index contributed by atoms with van der Waals surface area (Å²) in [7, 11) is 1.27. The number of aliphatic hydroxyl groups is 4. The molecule has 0 spiro atoms. The molecular formula is C56H83N9O22. The predicted molar refractivity (Wildman–Crippen MR) is 305 cm³/mol. The summed E-state index contributed by atoms with van der Waals surface area (Å²) in [6.45, 7) is 14.6. The van der Waals surface area contributed by atoms with Gasteiger partial charge in [0, 0.05) is 49.8 Å². The normalized spacial score (nSPS) is 25.1. The van der Waals surface area contributed by atoms with Crippen molar-refractivity contribution in [2.75, 3.05) is 39.8 Å². The van der Waals surface area contributed by atoms with Gasteiger partial charge < -0.3 is 95.1 Å². The van der Waals surface area contributed by atoms with E-state index in [4.69, 9.17) is 37.9 Å². The summed E-state index contributed by atoms with van der Waals surface area (Å²) in [5, 5.41) is 87.0. The quantitative estimate of drug-likeness (QED) is 0.0349. The number of nitrogens with one attached hydrogen (secondary N) is 6. The van der Waals surface area contributed by atoms with Gasteiger partial charge in [0.25, 0.3) is 17.3 Å². The minimum absolute atomic E-state index is 0.0286. The molecule has 10 N–H and O–H groups in total. The molecule has 6 amide bonds. The molecule has 1 aliphatic carbocycles. The van der Waals surface area contributed by atoms with Gasteiger partial charge in [0.05, 0.1) is 53.8 Å². The summed E-state index contributed by atoms with van der Waals surface area (Å²) in [5.41, 5.74) is -4.38. The number of nitro benzene ring substituents is 2. The fourth-order valence-electron chi connectivity index (χ4n) is 9.68. The summed E-state index contributed by atoms with van der Waals surface area (Å²) in [6.07, 6.45) is -14.0. The number of hydrogen-bond donors (Lipinski definition) is 10. The van der Waals surface area contributed by atoms with Crippen molar-refractivity contribution in [1.82, 2.24) is 36.8 Å². The fraction of sp³-hybridized carbons (Fsp3) is 0.643. The van der Waals surface area contributed by atoms with Crippen LogP contribution in [0.1, 0.15) is 99.6 Å². The van der Waals surface area contributed by atoms with E-state index in [1.807, 2.05) is 0 Å². The first kappa shape index (κ1) is 70.1. The number of carbonyl (C=O) groups excluding carboxylic acids is 6. The molecular weight excluding hydrogens is 1150 g/mol. The topological polar surface area (TPSA) is 419 Å². The van der Waals surface area contributed by atoms with Gasteiger partial charge in [-0.25, -0.2) is 24.0 Å². The number of hydrogen-bond acceptors (Lipinski definition) is 23. The zero-order chi connectivity index (χ0) is 64.8. The number of ether oxygens (including phenoxy) is 8. The molecule has 1 saturated heterocycles. The Hall–Kier alpha value is -7.68. The molecule has 1 unspecified atom stereocenters. The van der Waals surface area contributed by atoms with Crippen LogP contribution in [0.2, 0.25) is 0 Å². The zero-order valence-electron chi connectivity index (χ0n) is 50.6. The van der Waals surface area contributed by atoms with E-state index in [0.717, 1.165) is 4.90 Å². The maximum atomic E-state index is 14.1. The molecule has 2 aliphatic heterocycles. The van der Waals surface area contributed by atoms with Crippen molar-refractivity contribution in [2.45, 2.75) is 185 Å². The van der Waals surface area contributed by atoms with Gasteiger partial charge in [-0.2, -0.15) is 0 Å². The third kappa shape index (κ3) is 21.9. The molecule has 87 heavy (non-hydrogen) atoms. The van der Waals surface area contributed by atoms with Crippen LogP contribution in [0.15, 0.2) is 60.4 Å². The number of aliphatic hydroxyl groups excluding tert-OH is 3. The summed E-state index contributed by atoms with van der Waals surface area (Å²) in [5.74, 6) is -2.34. The van der Waals surface area contributed by atoms with E-state index in [-0.39, 0.29) is 43.3 Å². The number of alkyl carbamates (subject to hydrolysis) is 4. The molecule has 3 aliphatic rings. The third-order valence-corrected chi connectivity index (χ3v) is 13.5. The average Bonchev–Trinajstić information content (AvgIpc) is 0.858. The molecule has 12 atom stereocenters. The Morgan fingerprint density at radius 2 is 1.24 bits per heavy atom. The van der Waals surface area contributed by atoms with Crippen LogP contribution in [-0.4, -0.2) is 195 Å². The van der Waals surface area contributed by atoms with Gasteiger partial charge in [-0.15, -0.1) is 0 Å². The first-order chi connectivity index (χ1) is 40.5. The van der Waals surface area contributed by atoms with Gasteiger partial charge in [-0.3, -0.25) is 25.0 Å². The molecule has 0 aromatic heterocycles. The number of amides is 6. The number of nitro groups is 2. The van der Waals surface area contributed by atoms with Crippen LogP contribution < -0.4 is 31.9 Å². The molecule has 0 bridgehead atoms. The van der Waals surface area contributed by atoms with Crippen molar-refractivity contribution >= 4 is 47.7 Å². The second-order valence-electron chi connectivity index (χ2n) is 24.4. The van der Waals surface area contributed by atoms with Crippen LogP contribution >= 0.6 is 0 Å². The second-order valence-corrected chi connectivity index (χ2v) is 24.4. The largest absolute Gasteiger partial charge is 0.491 e. The Bertz CT molecular complexity index is 2730. The van der Waals surface area contributed by atoms with Gasteiger partial charge in [-0.05, 0) is 137 Å². The molecule has 5 rings (SSSR count). The minimum Gasteiger partial charge on any atom is -0.491 e. The molecule has 2 fully saturated rings. The van der Waals surface area contributed by atoms with Gasteiger partial charge >= 0.3 is 30.5 Å². The van der Waals surface area contributed by atoms with Crippen LogP contribution in [-0.2, 0) is 55.9 Å². The highest BCUT2D eigenvalue weighted by Gasteiger charge is 2.56. The van der Waals surface area contributed by atoms with E-state index in [1.54, 1.807) is 68.4 Å². The monoisotopic (exact) mass is 1230 g/mol. The minimum atomic E-state index is -2.00. The smallest absolute Gasteiger partial charge is 0.410 e. The zero-order valence-corrected chi connectivity index (χ0v) is 50.6. The molecule has 1 saturated carbocycles. The van der Waals surface area contributed by atoms with E-state index in [2.05, 4.69) is 31.9 Å². The van der Waals surface area contributed by atoms with E-state index in [9.17, 15) is 69.4 Å². The Morgan fingerprint density at radius 3 is 1.76 bits per heavy atom.